The molecule has 1 aromatic carbocycles. The summed E-state index contributed by atoms with van der Waals surface area (Å²) < 4.78 is 44.3. The quantitative estimate of drug-likeness (QED) is 0.881. The summed E-state index contributed by atoms with van der Waals surface area (Å²) in [4.78, 5) is 15.7. The van der Waals surface area contributed by atoms with Crippen LogP contribution in [-0.2, 0) is 0 Å². The fourth-order valence-electron chi connectivity index (χ4n) is 1.53. The second-order valence-corrected chi connectivity index (χ2v) is 3.73. The number of aromatic nitrogens is 1. The molecule has 0 spiro atoms. The highest BCUT2D eigenvalue weighted by molar-refractivity contribution is 6.04. The number of pyridine rings is 1. The van der Waals surface area contributed by atoms with E-state index in [9.17, 15) is 18.0 Å². The van der Waals surface area contributed by atoms with E-state index in [1.54, 1.807) is 6.07 Å². The lowest BCUT2D eigenvalue weighted by Crippen LogP contribution is -2.16. The Balaban J connectivity index is 2.31. The van der Waals surface area contributed by atoms with Gasteiger partial charge in [0.25, 0.3) is 5.91 Å². The lowest BCUT2D eigenvalue weighted by molar-refractivity contribution is 0.102. The Kier molecular flexibility index (Phi) is 3.88. The molecule has 20 heavy (non-hydrogen) atoms. The third kappa shape index (κ3) is 2.56. The second kappa shape index (κ2) is 5.60. The number of ether oxygens (including phenoxy) is 1. The first kappa shape index (κ1) is 13.9. The molecule has 0 bridgehead atoms. The fourth-order valence-corrected chi connectivity index (χ4v) is 1.53. The molecule has 0 saturated heterocycles. The number of rotatable bonds is 3. The number of carbonyl (C=O) groups is 1. The molecule has 0 unspecified atom stereocenters. The van der Waals surface area contributed by atoms with Crippen LogP contribution in [0.5, 0.6) is 5.75 Å². The molecule has 0 radical (unpaired) electrons. The van der Waals surface area contributed by atoms with Gasteiger partial charge in [-0.3, -0.25) is 4.79 Å². The molecular weight excluding hydrogens is 273 g/mol. The van der Waals surface area contributed by atoms with E-state index in [1.165, 1.54) is 19.4 Å². The Morgan fingerprint density at radius 3 is 2.65 bits per heavy atom. The first-order chi connectivity index (χ1) is 9.54. The van der Waals surface area contributed by atoms with Crippen molar-refractivity contribution in [1.82, 2.24) is 4.98 Å². The van der Waals surface area contributed by atoms with Gasteiger partial charge in [0.15, 0.2) is 29.0 Å². The lowest BCUT2D eigenvalue weighted by atomic mass is 10.2. The molecule has 0 saturated carbocycles. The highest BCUT2D eigenvalue weighted by Gasteiger charge is 2.20. The maximum atomic E-state index is 13.5. The summed E-state index contributed by atoms with van der Waals surface area (Å²) in [5, 5.41) is 2.26. The zero-order chi connectivity index (χ0) is 14.7. The van der Waals surface area contributed by atoms with Crippen molar-refractivity contribution >= 4 is 11.7 Å². The van der Waals surface area contributed by atoms with Crippen LogP contribution in [0.15, 0.2) is 30.5 Å². The highest BCUT2D eigenvalue weighted by atomic mass is 19.2. The normalized spacial score (nSPS) is 10.2. The molecule has 0 aliphatic heterocycles. The van der Waals surface area contributed by atoms with E-state index in [0.29, 0.717) is 6.07 Å². The van der Waals surface area contributed by atoms with E-state index in [-0.39, 0.29) is 11.6 Å². The van der Waals surface area contributed by atoms with Crippen molar-refractivity contribution in [1.29, 1.82) is 0 Å². The molecule has 4 nitrogen and oxygen atoms in total. The number of halogens is 3. The van der Waals surface area contributed by atoms with Gasteiger partial charge in [-0.1, -0.05) is 0 Å². The standard InChI is InChI=1S/C13H9F3N2O2/c1-20-9-3-2-6-17-12(9)18-13(19)7-4-5-8(14)11(16)10(7)15/h2-6H,1H3,(H,17,18,19). The van der Waals surface area contributed by atoms with Crippen LogP contribution in [0.3, 0.4) is 0 Å². The molecule has 2 rings (SSSR count). The SMILES string of the molecule is COc1cccnc1NC(=O)c1ccc(F)c(F)c1F. The molecule has 0 aliphatic rings. The number of benzene rings is 1. The average Bonchev–Trinajstić information content (AvgIpc) is 2.45. The van der Waals surface area contributed by atoms with Crippen molar-refractivity contribution < 1.29 is 22.7 Å². The van der Waals surface area contributed by atoms with Gasteiger partial charge in [-0.2, -0.15) is 0 Å². The molecule has 0 aliphatic carbocycles. The monoisotopic (exact) mass is 282 g/mol. The molecule has 7 heteroatoms. The van der Waals surface area contributed by atoms with Crippen molar-refractivity contribution in [3.05, 3.63) is 53.5 Å². The summed E-state index contributed by atoms with van der Waals surface area (Å²) in [6.45, 7) is 0. The molecule has 2 aromatic rings. The second-order valence-electron chi connectivity index (χ2n) is 3.73. The predicted octanol–water partition coefficient (Wildman–Crippen LogP) is 2.76. The van der Waals surface area contributed by atoms with Crippen LogP contribution >= 0.6 is 0 Å². The zero-order valence-corrected chi connectivity index (χ0v) is 10.3. The molecule has 1 heterocycles. The van der Waals surface area contributed by atoms with Crippen molar-refractivity contribution in [3.8, 4) is 5.75 Å². The number of hydrogen-bond acceptors (Lipinski definition) is 3. The van der Waals surface area contributed by atoms with Crippen molar-refractivity contribution in [2.24, 2.45) is 0 Å². The largest absolute Gasteiger partial charge is 0.493 e. The maximum absolute atomic E-state index is 13.5. The number of nitrogens with one attached hydrogen (secondary N) is 1. The summed E-state index contributed by atoms with van der Waals surface area (Å²) >= 11 is 0. The van der Waals surface area contributed by atoms with Gasteiger partial charge >= 0.3 is 0 Å². The van der Waals surface area contributed by atoms with Crippen LogP contribution in [0.2, 0.25) is 0 Å². The molecule has 1 aromatic heterocycles. The number of carbonyl (C=O) groups excluding carboxylic acids is 1. The van der Waals surface area contributed by atoms with E-state index in [4.69, 9.17) is 4.74 Å². The number of methoxy groups -OCH3 is 1. The summed E-state index contributed by atoms with van der Waals surface area (Å²) in [6.07, 6.45) is 1.39. The first-order valence-corrected chi connectivity index (χ1v) is 5.48. The van der Waals surface area contributed by atoms with Gasteiger partial charge in [-0.05, 0) is 24.3 Å². The fraction of sp³-hybridized carbons (Fsp3) is 0.0769. The zero-order valence-electron chi connectivity index (χ0n) is 10.3. The van der Waals surface area contributed by atoms with Crippen LogP contribution in [0.4, 0.5) is 19.0 Å². The molecule has 0 fully saturated rings. The van der Waals surface area contributed by atoms with Crippen LogP contribution in [0.1, 0.15) is 10.4 Å². The van der Waals surface area contributed by atoms with E-state index in [1.807, 2.05) is 0 Å². The van der Waals surface area contributed by atoms with Crippen LogP contribution in [-0.4, -0.2) is 18.0 Å². The molecule has 1 N–H and O–H groups in total. The minimum atomic E-state index is -1.70. The summed E-state index contributed by atoms with van der Waals surface area (Å²) in [7, 11) is 1.37. The number of hydrogen-bond donors (Lipinski definition) is 1. The van der Waals surface area contributed by atoms with Gasteiger partial charge in [-0.15, -0.1) is 0 Å². The van der Waals surface area contributed by atoms with E-state index < -0.39 is 28.9 Å². The van der Waals surface area contributed by atoms with E-state index in [0.717, 1.165) is 6.07 Å². The summed E-state index contributed by atoms with van der Waals surface area (Å²) in [5.41, 5.74) is -0.628. The molecular formula is C13H9F3N2O2. The Morgan fingerprint density at radius 2 is 1.95 bits per heavy atom. The Bertz CT molecular complexity index is 662. The Labute approximate surface area is 112 Å². The topological polar surface area (TPSA) is 51.2 Å². The van der Waals surface area contributed by atoms with Crippen LogP contribution in [0, 0.1) is 17.5 Å². The van der Waals surface area contributed by atoms with Crippen molar-refractivity contribution in [2.45, 2.75) is 0 Å². The molecule has 1 amide bonds. The van der Waals surface area contributed by atoms with Gasteiger partial charge in [0.05, 0.1) is 12.7 Å². The molecule has 0 atom stereocenters. The number of amides is 1. The minimum Gasteiger partial charge on any atom is -0.493 e. The predicted molar refractivity (Wildman–Crippen MR) is 65.1 cm³/mol. The van der Waals surface area contributed by atoms with Gasteiger partial charge < -0.3 is 10.1 Å². The molecule has 104 valence electrons. The third-order valence-corrected chi connectivity index (χ3v) is 2.50. The van der Waals surface area contributed by atoms with Gasteiger partial charge in [0.1, 0.15) is 0 Å². The minimum absolute atomic E-state index is 0.0455. The third-order valence-electron chi connectivity index (χ3n) is 2.50. The average molecular weight is 282 g/mol. The van der Waals surface area contributed by atoms with Crippen molar-refractivity contribution in [3.63, 3.8) is 0 Å². The van der Waals surface area contributed by atoms with Crippen LogP contribution < -0.4 is 10.1 Å². The smallest absolute Gasteiger partial charge is 0.260 e. The highest BCUT2D eigenvalue weighted by Crippen LogP contribution is 2.22. The Morgan fingerprint density at radius 1 is 1.20 bits per heavy atom. The van der Waals surface area contributed by atoms with Crippen LogP contribution in [0.25, 0.3) is 0 Å². The van der Waals surface area contributed by atoms with Gasteiger partial charge in [0, 0.05) is 6.20 Å². The number of anilines is 1. The number of nitrogens with zero attached hydrogens (tertiary/aromatic N) is 1. The first-order valence-electron chi connectivity index (χ1n) is 5.48. The Hall–Kier alpha value is -2.57. The van der Waals surface area contributed by atoms with Crippen molar-refractivity contribution in [2.75, 3.05) is 12.4 Å². The van der Waals surface area contributed by atoms with Gasteiger partial charge in [0.2, 0.25) is 0 Å². The lowest BCUT2D eigenvalue weighted by Gasteiger charge is -2.09. The van der Waals surface area contributed by atoms with E-state index in [2.05, 4.69) is 10.3 Å². The van der Waals surface area contributed by atoms with E-state index >= 15 is 0 Å². The summed E-state index contributed by atoms with van der Waals surface area (Å²) in [6, 6.07) is 4.62. The van der Waals surface area contributed by atoms with Gasteiger partial charge in [-0.25, -0.2) is 18.2 Å². The maximum Gasteiger partial charge on any atom is 0.260 e. The summed E-state index contributed by atoms with van der Waals surface area (Å²) in [5.74, 6) is -5.29.